The van der Waals surface area contributed by atoms with Crippen LogP contribution in [0.5, 0.6) is 0 Å². The van der Waals surface area contributed by atoms with Gasteiger partial charge in [0.05, 0.1) is 4.90 Å². The highest BCUT2D eigenvalue weighted by Gasteiger charge is 2.32. The number of amides is 1. The number of nitrogens with one attached hydrogen (secondary N) is 1. The lowest BCUT2D eigenvalue weighted by molar-refractivity contribution is -0.120. The van der Waals surface area contributed by atoms with Crippen LogP contribution in [0.15, 0.2) is 51.8 Å². The first-order valence-corrected chi connectivity index (χ1v) is 11.7. The summed E-state index contributed by atoms with van der Waals surface area (Å²) in [6, 6.07) is 12.7. The van der Waals surface area contributed by atoms with Crippen molar-refractivity contribution in [2.75, 3.05) is 18.4 Å². The number of halogens is 1. The van der Waals surface area contributed by atoms with Crippen LogP contribution < -0.4 is 5.32 Å². The summed E-state index contributed by atoms with van der Waals surface area (Å²) in [4.78, 5) is 13.1. The molecule has 2 aromatic carbocycles. The molecule has 0 unspecified atom stereocenters. The summed E-state index contributed by atoms with van der Waals surface area (Å²) in [6.07, 6.45) is 1.89. The highest BCUT2D eigenvalue weighted by atomic mass is 79.9. The monoisotopic (exact) mass is 464 g/mol. The molecule has 1 fully saturated rings. The van der Waals surface area contributed by atoms with Crippen molar-refractivity contribution in [2.24, 2.45) is 5.92 Å². The van der Waals surface area contributed by atoms with Gasteiger partial charge in [-0.3, -0.25) is 4.79 Å². The number of carbonyl (C=O) groups excluding carboxylic acids is 1. The van der Waals surface area contributed by atoms with Gasteiger partial charge in [-0.2, -0.15) is 4.31 Å². The summed E-state index contributed by atoms with van der Waals surface area (Å²) in [5.74, 6) is -0.203. The first-order valence-electron chi connectivity index (χ1n) is 9.48. The molecule has 0 saturated carbocycles. The van der Waals surface area contributed by atoms with Gasteiger partial charge in [0.25, 0.3) is 0 Å². The number of sulfonamides is 1. The molecule has 0 aliphatic carbocycles. The Morgan fingerprint density at radius 1 is 1.14 bits per heavy atom. The Hall–Kier alpha value is -1.70. The van der Waals surface area contributed by atoms with Gasteiger partial charge in [-0.15, -0.1) is 0 Å². The van der Waals surface area contributed by atoms with Crippen molar-refractivity contribution in [3.8, 4) is 0 Å². The number of anilines is 1. The molecule has 0 spiro atoms. The van der Waals surface area contributed by atoms with E-state index in [1.807, 2.05) is 25.1 Å². The average molecular weight is 465 g/mol. The van der Waals surface area contributed by atoms with E-state index in [0.717, 1.165) is 27.7 Å². The van der Waals surface area contributed by atoms with Gasteiger partial charge in [-0.1, -0.05) is 41.1 Å². The number of piperidine rings is 1. The number of rotatable bonds is 5. The van der Waals surface area contributed by atoms with E-state index in [1.165, 1.54) is 4.31 Å². The van der Waals surface area contributed by atoms with Crippen molar-refractivity contribution in [3.05, 3.63) is 58.1 Å². The van der Waals surface area contributed by atoms with Crippen LogP contribution in [0.1, 0.15) is 30.9 Å². The van der Waals surface area contributed by atoms with E-state index in [9.17, 15) is 13.2 Å². The summed E-state index contributed by atoms with van der Waals surface area (Å²) in [5.41, 5.74) is 3.05. The van der Waals surface area contributed by atoms with Crippen molar-refractivity contribution in [1.29, 1.82) is 0 Å². The fraction of sp³-hybridized carbons (Fsp3) is 0.381. The van der Waals surface area contributed by atoms with E-state index in [0.29, 0.717) is 25.9 Å². The summed E-state index contributed by atoms with van der Waals surface area (Å²) in [7, 11) is -3.52. The third-order valence-electron chi connectivity index (χ3n) is 5.26. The predicted octanol–water partition coefficient (Wildman–Crippen LogP) is 4.36. The highest BCUT2D eigenvalue weighted by Crippen LogP contribution is 2.27. The minimum Gasteiger partial charge on any atom is -0.325 e. The third kappa shape index (κ3) is 4.47. The van der Waals surface area contributed by atoms with Crippen molar-refractivity contribution in [3.63, 3.8) is 0 Å². The summed E-state index contributed by atoms with van der Waals surface area (Å²) < 4.78 is 27.9. The van der Waals surface area contributed by atoms with Crippen LogP contribution in [0.3, 0.4) is 0 Å². The SMILES string of the molecule is CCc1cccc(C)c1NC(=O)C1CCN(S(=O)(=O)c2ccc(Br)cc2)CC1. The Morgan fingerprint density at radius 2 is 1.79 bits per heavy atom. The molecule has 1 heterocycles. The van der Waals surface area contributed by atoms with Crippen LogP contribution in [0, 0.1) is 12.8 Å². The molecular formula is C21H25BrN2O3S. The second-order valence-electron chi connectivity index (χ2n) is 7.08. The molecule has 1 saturated heterocycles. The Bertz CT molecular complexity index is 950. The maximum Gasteiger partial charge on any atom is 0.243 e. The van der Waals surface area contributed by atoms with Crippen LogP contribution in [0.2, 0.25) is 0 Å². The fourth-order valence-corrected chi connectivity index (χ4v) is 5.28. The van der Waals surface area contributed by atoms with E-state index in [-0.39, 0.29) is 16.7 Å². The number of nitrogens with zero attached hydrogens (tertiary/aromatic N) is 1. The molecule has 1 amide bonds. The highest BCUT2D eigenvalue weighted by molar-refractivity contribution is 9.10. The van der Waals surface area contributed by atoms with Gasteiger partial charge in [-0.05, 0) is 61.6 Å². The molecule has 0 aromatic heterocycles. The topological polar surface area (TPSA) is 66.5 Å². The number of hydrogen-bond donors (Lipinski definition) is 1. The van der Waals surface area contributed by atoms with E-state index in [2.05, 4.69) is 28.2 Å². The molecule has 0 radical (unpaired) electrons. The maximum atomic E-state index is 12.8. The first kappa shape index (κ1) is 21.0. The van der Waals surface area contributed by atoms with E-state index < -0.39 is 10.0 Å². The normalized spacial score (nSPS) is 16.1. The van der Waals surface area contributed by atoms with Gasteiger partial charge >= 0.3 is 0 Å². The van der Waals surface area contributed by atoms with E-state index in [1.54, 1.807) is 24.3 Å². The van der Waals surface area contributed by atoms with Crippen LogP contribution >= 0.6 is 15.9 Å². The summed E-state index contributed by atoms with van der Waals surface area (Å²) in [5, 5.41) is 3.08. The van der Waals surface area contributed by atoms with Crippen molar-refractivity contribution >= 4 is 37.5 Å². The van der Waals surface area contributed by atoms with Crippen molar-refractivity contribution in [1.82, 2.24) is 4.31 Å². The fourth-order valence-electron chi connectivity index (χ4n) is 3.54. The Morgan fingerprint density at radius 3 is 2.39 bits per heavy atom. The van der Waals surface area contributed by atoms with Crippen LogP contribution in [0.4, 0.5) is 5.69 Å². The molecule has 0 bridgehead atoms. The lowest BCUT2D eigenvalue weighted by Crippen LogP contribution is -2.41. The maximum absolute atomic E-state index is 12.8. The molecule has 1 aliphatic heterocycles. The molecule has 2 aromatic rings. The minimum absolute atomic E-state index is 0.0234. The minimum atomic E-state index is -3.52. The molecule has 150 valence electrons. The van der Waals surface area contributed by atoms with Crippen molar-refractivity contribution < 1.29 is 13.2 Å². The standard InChI is InChI=1S/C21H25BrN2O3S/c1-3-16-6-4-5-15(2)20(16)23-21(25)17-11-13-24(14-12-17)28(26,27)19-9-7-18(22)8-10-19/h4-10,17H,3,11-14H2,1-2H3,(H,23,25). The van der Waals surface area contributed by atoms with Crippen LogP contribution in [0.25, 0.3) is 0 Å². The first-order chi connectivity index (χ1) is 13.3. The predicted molar refractivity (Wildman–Crippen MR) is 115 cm³/mol. The molecule has 1 aliphatic rings. The zero-order chi connectivity index (χ0) is 20.3. The number of benzene rings is 2. The van der Waals surface area contributed by atoms with E-state index >= 15 is 0 Å². The molecule has 3 rings (SSSR count). The summed E-state index contributed by atoms with van der Waals surface area (Å²) >= 11 is 3.32. The molecule has 5 nitrogen and oxygen atoms in total. The van der Waals surface area contributed by atoms with Gasteiger partial charge in [-0.25, -0.2) is 8.42 Å². The molecule has 1 N–H and O–H groups in total. The number of aryl methyl sites for hydroxylation is 2. The van der Waals surface area contributed by atoms with Crippen LogP contribution in [-0.2, 0) is 21.2 Å². The smallest absolute Gasteiger partial charge is 0.243 e. The Labute approximate surface area is 175 Å². The Balaban J connectivity index is 1.65. The number of hydrogen-bond acceptors (Lipinski definition) is 3. The van der Waals surface area contributed by atoms with Gasteiger partial charge in [0.1, 0.15) is 0 Å². The lowest BCUT2D eigenvalue weighted by Gasteiger charge is -2.30. The van der Waals surface area contributed by atoms with Crippen LogP contribution in [-0.4, -0.2) is 31.7 Å². The van der Waals surface area contributed by atoms with Gasteiger partial charge in [0.2, 0.25) is 15.9 Å². The van der Waals surface area contributed by atoms with Gasteiger partial charge in [0, 0.05) is 29.2 Å². The number of para-hydroxylation sites is 1. The molecule has 0 atom stereocenters. The summed E-state index contributed by atoms with van der Waals surface area (Å²) in [6.45, 7) is 4.76. The molecule has 7 heteroatoms. The average Bonchev–Trinajstić information content (AvgIpc) is 2.70. The van der Waals surface area contributed by atoms with Gasteiger partial charge < -0.3 is 5.32 Å². The Kier molecular flexibility index (Phi) is 6.58. The largest absolute Gasteiger partial charge is 0.325 e. The molecule has 28 heavy (non-hydrogen) atoms. The third-order valence-corrected chi connectivity index (χ3v) is 7.71. The lowest BCUT2D eigenvalue weighted by atomic mass is 9.96. The zero-order valence-electron chi connectivity index (χ0n) is 16.1. The molecular weight excluding hydrogens is 440 g/mol. The second-order valence-corrected chi connectivity index (χ2v) is 9.94. The quantitative estimate of drug-likeness (QED) is 0.714. The number of carbonyl (C=O) groups is 1. The van der Waals surface area contributed by atoms with Crippen molar-refractivity contribution in [2.45, 2.75) is 38.0 Å². The van der Waals surface area contributed by atoms with Gasteiger partial charge in [0.15, 0.2) is 0 Å². The zero-order valence-corrected chi connectivity index (χ0v) is 18.5. The second kappa shape index (κ2) is 8.76. The van der Waals surface area contributed by atoms with E-state index in [4.69, 9.17) is 0 Å².